The van der Waals surface area contributed by atoms with Crippen LogP contribution in [0.15, 0.2) is 41.0 Å². The quantitative estimate of drug-likeness (QED) is 0.850. The van der Waals surface area contributed by atoms with E-state index in [2.05, 4.69) is 0 Å². The minimum absolute atomic E-state index is 0.0135. The van der Waals surface area contributed by atoms with Gasteiger partial charge >= 0.3 is 0 Å². The molecule has 0 saturated carbocycles. The van der Waals surface area contributed by atoms with Gasteiger partial charge in [0.15, 0.2) is 0 Å². The maximum Gasteiger partial charge on any atom is 0.257 e. The normalized spacial score (nSPS) is 22.5. The van der Waals surface area contributed by atoms with Gasteiger partial charge in [-0.3, -0.25) is 9.59 Å². The molecule has 1 spiro atoms. The Kier molecular flexibility index (Phi) is 3.98. The predicted octanol–water partition coefficient (Wildman–Crippen LogP) is 2.87. The van der Waals surface area contributed by atoms with Gasteiger partial charge in [-0.05, 0) is 31.5 Å². The van der Waals surface area contributed by atoms with Crippen molar-refractivity contribution in [3.63, 3.8) is 0 Å². The number of aryl methyl sites for hydroxylation is 1. The number of furan rings is 1. The third-order valence-corrected chi connectivity index (χ3v) is 5.50. The molecule has 1 unspecified atom stereocenters. The summed E-state index contributed by atoms with van der Waals surface area (Å²) in [5.41, 5.74) is 1.28. The van der Waals surface area contributed by atoms with Gasteiger partial charge in [-0.25, -0.2) is 0 Å². The molecule has 26 heavy (non-hydrogen) atoms. The smallest absolute Gasteiger partial charge is 0.257 e. The van der Waals surface area contributed by atoms with Crippen LogP contribution in [0.2, 0.25) is 0 Å². The first-order chi connectivity index (χ1) is 12.5. The van der Waals surface area contributed by atoms with E-state index in [1.165, 1.54) is 6.26 Å². The number of rotatable bonds is 3. The van der Waals surface area contributed by atoms with Crippen molar-refractivity contribution in [1.82, 2.24) is 4.90 Å². The Morgan fingerprint density at radius 2 is 2.12 bits per heavy atom. The molecule has 1 atom stereocenters. The Morgan fingerprint density at radius 3 is 2.85 bits per heavy atom. The van der Waals surface area contributed by atoms with Gasteiger partial charge in [0, 0.05) is 43.2 Å². The van der Waals surface area contributed by atoms with Gasteiger partial charge in [0.1, 0.15) is 11.5 Å². The lowest BCUT2D eigenvalue weighted by Crippen LogP contribution is -2.34. The van der Waals surface area contributed by atoms with Crippen molar-refractivity contribution in [3.05, 3.63) is 47.9 Å². The number of anilines is 1. The lowest BCUT2D eigenvalue weighted by molar-refractivity contribution is -0.117. The second-order valence-electron chi connectivity index (χ2n) is 7.23. The maximum absolute atomic E-state index is 12.7. The fourth-order valence-electron chi connectivity index (χ4n) is 4.07. The van der Waals surface area contributed by atoms with Crippen molar-refractivity contribution in [2.45, 2.75) is 19.8 Å². The van der Waals surface area contributed by atoms with Crippen LogP contribution in [0, 0.1) is 12.3 Å². The molecule has 1 aromatic carbocycles. The minimum Gasteiger partial charge on any atom is -0.497 e. The largest absolute Gasteiger partial charge is 0.497 e. The predicted molar refractivity (Wildman–Crippen MR) is 96.4 cm³/mol. The lowest BCUT2D eigenvalue weighted by atomic mass is 9.86. The first-order valence-corrected chi connectivity index (χ1v) is 8.79. The molecular formula is C20H22N2O4. The van der Waals surface area contributed by atoms with Crippen LogP contribution in [0.3, 0.4) is 0 Å². The van der Waals surface area contributed by atoms with Crippen LogP contribution >= 0.6 is 0 Å². The molecule has 2 aliphatic heterocycles. The van der Waals surface area contributed by atoms with E-state index in [0.29, 0.717) is 37.4 Å². The number of nitrogens with zero attached hydrogens (tertiary/aromatic N) is 2. The van der Waals surface area contributed by atoms with Gasteiger partial charge in [-0.1, -0.05) is 6.07 Å². The number of hydrogen-bond donors (Lipinski definition) is 0. The van der Waals surface area contributed by atoms with Crippen LogP contribution in [0.4, 0.5) is 5.69 Å². The lowest BCUT2D eigenvalue weighted by Gasteiger charge is -2.24. The summed E-state index contributed by atoms with van der Waals surface area (Å²) in [5.74, 6) is 1.46. The van der Waals surface area contributed by atoms with E-state index in [0.717, 1.165) is 17.9 Å². The SMILES string of the molecule is COc1cccc(N2CC3(CCN(C(=O)c4ccoc4C)C3)CC2=O)c1. The van der Waals surface area contributed by atoms with Gasteiger partial charge in [-0.15, -0.1) is 0 Å². The van der Waals surface area contributed by atoms with E-state index >= 15 is 0 Å². The molecule has 0 radical (unpaired) electrons. The molecule has 0 N–H and O–H groups in total. The van der Waals surface area contributed by atoms with Gasteiger partial charge < -0.3 is 19.0 Å². The number of benzene rings is 1. The van der Waals surface area contributed by atoms with E-state index in [-0.39, 0.29) is 17.2 Å². The van der Waals surface area contributed by atoms with Crippen LogP contribution in [-0.2, 0) is 4.79 Å². The van der Waals surface area contributed by atoms with Gasteiger partial charge in [0.25, 0.3) is 5.91 Å². The molecule has 2 aliphatic rings. The minimum atomic E-state index is -0.173. The van der Waals surface area contributed by atoms with Crippen LogP contribution in [0.1, 0.15) is 29.0 Å². The summed E-state index contributed by atoms with van der Waals surface area (Å²) in [6, 6.07) is 9.27. The zero-order chi connectivity index (χ0) is 18.3. The fraction of sp³-hybridized carbons (Fsp3) is 0.400. The van der Waals surface area contributed by atoms with E-state index in [1.54, 1.807) is 20.1 Å². The highest BCUT2D eigenvalue weighted by Crippen LogP contribution is 2.42. The molecule has 0 bridgehead atoms. The van der Waals surface area contributed by atoms with E-state index in [1.807, 2.05) is 34.1 Å². The van der Waals surface area contributed by atoms with Crippen molar-refractivity contribution in [2.24, 2.45) is 5.41 Å². The molecule has 4 rings (SSSR count). The van der Waals surface area contributed by atoms with E-state index in [4.69, 9.17) is 9.15 Å². The number of carbonyl (C=O) groups excluding carboxylic acids is 2. The average Bonchev–Trinajstić information content (AvgIpc) is 3.34. The molecule has 2 amide bonds. The Bertz CT molecular complexity index is 859. The van der Waals surface area contributed by atoms with Crippen LogP contribution in [-0.4, -0.2) is 43.5 Å². The number of methoxy groups -OCH3 is 1. The second kappa shape index (κ2) is 6.20. The van der Waals surface area contributed by atoms with Crippen molar-refractivity contribution in [3.8, 4) is 5.75 Å². The Labute approximate surface area is 152 Å². The molecule has 2 fully saturated rings. The zero-order valence-corrected chi connectivity index (χ0v) is 15.0. The topological polar surface area (TPSA) is 63.0 Å². The first-order valence-electron chi connectivity index (χ1n) is 8.79. The van der Waals surface area contributed by atoms with Crippen molar-refractivity contribution in [2.75, 3.05) is 31.6 Å². The maximum atomic E-state index is 12.7. The highest BCUT2D eigenvalue weighted by Gasteiger charge is 2.49. The molecule has 3 heterocycles. The Morgan fingerprint density at radius 1 is 1.27 bits per heavy atom. The summed E-state index contributed by atoms with van der Waals surface area (Å²) in [5, 5.41) is 0. The van der Waals surface area contributed by atoms with E-state index < -0.39 is 0 Å². The zero-order valence-electron chi connectivity index (χ0n) is 15.0. The monoisotopic (exact) mass is 354 g/mol. The van der Waals surface area contributed by atoms with Crippen molar-refractivity contribution >= 4 is 17.5 Å². The molecule has 2 aromatic rings. The third-order valence-electron chi connectivity index (χ3n) is 5.50. The highest BCUT2D eigenvalue weighted by molar-refractivity contribution is 5.98. The highest BCUT2D eigenvalue weighted by atomic mass is 16.5. The number of hydrogen-bond acceptors (Lipinski definition) is 4. The summed E-state index contributed by atoms with van der Waals surface area (Å²) < 4.78 is 10.5. The molecule has 0 aliphatic carbocycles. The third kappa shape index (κ3) is 2.75. The standard InChI is InChI=1S/C20H22N2O4/c1-14-17(6-9-26-14)19(24)21-8-7-20(12-21)11-18(23)22(13-20)15-4-3-5-16(10-15)25-2/h3-6,9-10H,7-8,11-13H2,1-2H3. The van der Waals surface area contributed by atoms with Crippen molar-refractivity contribution in [1.29, 1.82) is 0 Å². The molecule has 136 valence electrons. The van der Waals surface area contributed by atoms with Crippen LogP contribution < -0.4 is 9.64 Å². The average molecular weight is 354 g/mol. The van der Waals surface area contributed by atoms with Gasteiger partial charge in [-0.2, -0.15) is 0 Å². The summed E-state index contributed by atoms with van der Waals surface area (Å²) in [7, 11) is 1.62. The summed E-state index contributed by atoms with van der Waals surface area (Å²) in [4.78, 5) is 29.1. The summed E-state index contributed by atoms with van der Waals surface area (Å²) in [6.07, 6.45) is 2.85. The van der Waals surface area contributed by atoms with Gasteiger partial charge in [0.05, 0.1) is 18.9 Å². The molecule has 2 saturated heterocycles. The number of likely N-dealkylation sites (tertiary alicyclic amines) is 1. The molecule has 6 heteroatoms. The molecule has 6 nitrogen and oxygen atoms in total. The molecule has 1 aromatic heterocycles. The van der Waals surface area contributed by atoms with E-state index in [9.17, 15) is 9.59 Å². The number of carbonyl (C=O) groups is 2. The van der Waals surface area contributed by atoms with Crippen molar-refractivity contribution < 1.29 is 18.7 Å². The Hall–Kier alpha value is -2.76. The van der Waals surface area contributed by atoms with Crippen LogP contribution in [0.25, 0.3) is 0 Å². The first kappa shape index (κ1) is 16.7. The second-order valence-corrected chi connectivity index (χ2v) is 7.23. The fourth-order valence-corrected chi connectivity index (χ4v) is 4.07. The van der Waals surface area contributed by atoms with Gasteiger partial charge in [0.2, 0.25) is 5.91 Å². The number of amides is 2. The Balaban J connectivity index is 1.51. The van der Waals surface area contributed by atoms with Crippen LogP contribution in [0.5, 0.6) is 5.75 Å². The number of ether oxygens (including phenoxy) is 1. The molecular weight excluding hydrogens is 332 g/mol. The summed E-state index contributed by atoms with van der Waals surface area (Å²) in [6.45, 7) is 3.70. The summed E-state index contributed by atoms with van der Waals surface area (Å²) >= 11 is 0.